The molecule has 0 atom stereocenters. The average Bonchev–Trinajstić information content (AvgIpc) is 3.29. The van der Waals surface area contributed by atoms with Crippen molar-refractivity contribution in [2.45, 2.75) is 0 Å². The molecule has 0 aliphatic heterocycles. The van der Waals surface area contributed by atoms with Crippen LogP contribution in [0.1, 0.15) is 0 Å². The lowest BCUT2D eigenvalue weighted by Crippen LogP contribution is -2.00. The molecule has 5 rings (SSSR count). The summed E-state index contributed by atoms with van der Waals surface area (Å²) >= 11 is 0. The minimum Gasteiger partial charge on any atom is -0.463 e. The molecular weight excluding hydrogens is 354 g/mol. The van der Waals surface area contributed by atoms with Gasteiger partial charge in [-0.15, -0.1) is 0 Å². The van der Waals surface area contributed by atoms with E-state index >= 15 is 0 Å². The molecule has 0 unspecified atom stereocenters. The number of fused-ring (bicyclic) bond motifs is 1. The summed E-state index contributed by atoms with van der Waals surface area (Å²) in [5.74, 6) is 1.07. The van der Waals surface area contributed by atoms with Crippen LogP contribution in [0.3, 0.4) is 0 Å². The molecule has 0 saturated carbocycles. The molecule has 0 amide bonds. The molecule has 8 nitrogen and oxygen atoms in total. The van der Waals surface area contributed by atoms with E-state index < -0.39 is 0 Å². The zero-order valence-electron chi connectivity index (χ0n) is 14.5. The van der Waals surface area contributed by atoms with Crippen LogP contribution >= 0.6 is 0 Å². The summed E-state index contributed by atoms with van der Waals surface area (Å²) in [7, 11) is 0. The molecule has 0 fully saturated rings. The maximum atomic E-state index is 5.49. The third-order valence-corrected chi connectivity index (χ3v) is 4.16. The number of nitrogens with zero attached hydrogens (tertiary/aromatic N) is 6. The number of rotatable bonds is 4. The maximum absolute atomic E-state index is 5.49. The molecule has 0 spiro atoms. The van der Waals surface area contributed by atoms with Crippen molar-refractivity contribution in [3.8, 4) is 22.7 Å². The molecule has 134 valence electrons. The first-order chi connectivity index (χ1) is 13.9. The van der Waals surface area contributed by atoms with Crippen molar-refractivity contribution in [2.75, 3.05) is 5.32 Å². The summed E-state index contributed by atoms with van der Waals surface area (Å²) in [6.45, 7) is 0. The molecule has 28 heavy (non-hydrogen) atoms. The number of nitrogens with one attached hydrogen (secondary N) is 1. The van der Waals surface area contributed by atoms with Crippen LogP contribution in [0, 0.1) is 0 Å². The molecule has 8 heteroatoms. The van der Waals surface area contributed by atoms with Gasteiger partial charge in [0.1, 0.15) is 12.0 Å². The number of hydrogen-bond donors (Lipinski definition) is 1. The standard InChI is InChI=1S/C20H13N7O/c1-3-13-9-21-11-16(18(13)23-6-1)27-20-24-7-5-15(26-20)14-10-22-12-25-19(14)17-4-2-8-28-17/h1-12H,(H,24,26,27). The topological polar surface area (TPSA) is 103 Å². The second kappa shape index (κ2) is 6.84. The quantitative estimate of drug-likeness (QED) is 0.510. The number of aromatic nitrogens is 6. The van der Waals surface area contributed by atoms with Gasteiger partial charge in [-0.2, -0.15) is 0 Å². The van der Waals surface area contributed by atoms with Gasteiger partial charge in [0.05, 0.1) is 29.4 Å². The van der Waals surface area contributed by atoms with Crippen LogP contribution in [-0.4, -0.2) is 29.9 Å². The molecular formula is C20H13N7O. The van der Waals surface area contributed by atoms with Crippen LogP contribution in [0.25, 0.3) is 33.6 Å². The average molecular weight is 367 g/mol. The van der Waals surface area contributed by atoms with E-state index in [1.54, 1.807) is 43.3 Å². The Morgan fingerprint density at radius 1 is 0.857 bits per heavy atom. The summed E-state index contributed by atoms with van der Waals surface area (Å²) < 4.78 is 5.49. The number of anilines is 2. The van der Waals surface area contributed by atoms with Crippen molar-refractivity contribution in [1.29, 1.82) is 0 Å². The molecule has 5 aromatic rings. The smallest absolute Gasteiger partial charge is 0.227 e. The normalized spacial score (nSPS) is 10.9. The molecule has 0 aromatic carbocycles. The van der Waals surface area contributed by atoms with Crippen LogP contribution in [0.2, 0.25) is 0 Å². The Kier molecular flexibility index (Phi) is 3.91. The monoisotopic (exact) mass is 367 g/mol. The van der Waals surface area contributed by atoms with Crippen molar-refractivity contribution < 1.29 is 4.42 Å². The third-order valence-electron chi connectivity index (χ3n) is 4.16. The van der Waals surface area contributed by atoms with Crippen molar-refractivity contribution >= 4 is 22.5 Å². The second-order valence-corrected chi connectivity index (χ2v) is 5.91. The van der Waals surface area contributed by atoms with Crippen molar-refractivity contribution in [2.24, 2.45) is 0 Å². The lowest BCUT2D eigenvalue weighted by atomic mass is 10.1. The number of pyridine rings is 2. The van der Waals surface area contributed by atoms with E-state index in [2.05, 4.69) is 35.2 Å². The van der Waals surface area contributed by atoms with Crippen LogP contribution < -0.4 is 5.32 Å². The highest BCUT2D eigenvalue weighted by Crippen LogP contribution is 2.29. The highest BCUT2D eigenvalue weighted by Gasteiger charge is 2.14. The van der Waals surface area contributed by atoms with Gasteiger partial charge in [-0.1, -0.05) is 0 Å². The van der Waals surface area contributed by atoms with Gasteiger partial charge in [0.2, 0.25) is 5.95 Å². The highest BCUT2D eigenvalue weighted by molar-refractivity contribution is 5.90. The van der Waals surface area contributed by atoms with Gasteiger partial charge in [-0.25, -0.2) is 19.9 Å². The Labute approximate surface area is 159 Å². The van der Waals surface area contributed by atoms with Crippen LogP contribution in [0.5, 0.6) is 0 Å². The first kappa shape index (κ1) is 16.0. The zero-order chi connectivity index (χ0) is 18.8. The zero-order valence-corrected chi connectivity index (χ0v) is 14.5. The Bertz CT molecular complexity index is 1250. The summed E-state index contributed by atoms with van der Waals surface area (Å²) in [4.78, 5) is 26.1. The van der Waals surface area contributed by atoms with E-state index in [9.17, 15) is 0 Å². The predicted octanol–water partition coefficient (Wildman–Crippen LogP) is 3.88. The summed E-state index contributed by atoms with van der Waals surface area (Å²) in [5, 5.41) is 4.13. The Hall–Kier alpha value is -4.20. The predicted molar refractivity (Wildman–Crippen MR) is 104 cm³/mol. The van der Waals surface area contributed by atoms with Crippen molar-refractivity contribution in [3.05, 3.63) is 73.9 Å². The van der Waals surface area contributed by atoms with Gasteiger partial charge in [-0.3, -0.25) is 9.97 Å². The fourth-order valence-electron chi connectivity index (χ4n) is 2.91. The van der Waals surface area contributed by atoms with Gasteiger partial charge in [0.15, 0.2) is 5.76 Å². The highest BCUT2D eigenvalue weighted by atomic mass is 16.3. The van der Waals surface area contributed by atoms with Gasteiger partial charge in [-0.05, 0) is 30.3 Å². The van der Waals surface area contributed by atoms with Gasteiger partial charge < -0.3 is 9.73 Å². The third kappa shape index (κ3) is 2.92. The fourth-order valence-corrected chi connectivity index (χ4v) is 2.91. The maximum Gasteiger partial charge on any atom is 0.227 e. The van der Waals surface area contributed by atoms with E-state index in [1.807, 2.05) is 24.3 Å². The van der Waals surface area contributed by atoms with Crippen LogP contribution in [0.4, 0.5) is 11.6 Å². The van der Waals surface area contributed by atoms with E-state index in [0.717, 1.165) is 22.2 Å². The first-order valence-corrected chi connectivity index (χ1v) is 8.51. The Morgan fingerprint density at radius 3 is 2.79 bits per heavy atom. The second-order valence-electron chi connectivity index (χ2n) is 5.91. The fraction of sp³-hybridized carbons (Fsp3) is 0. The van der Waals surface area contributed by atoms with E-state index in [4.69, 9.17) is 4.42 Å². The molecule has 5 aromatic heterocycles. The number of furan rings is 1. The molecule has 5 heterocycles. The van der Waals surface area contributed by atoms with Crippen LogP contribution in [-0.2, 0) is 0 Å². The molecule has 0 bridgehead atoms. The van der Waals surface area contributed by atoms with Crippen molar-refractivity contribution in [1.82, 2.24) is 29.9 Å². The first-order valence-electron chi connectivity index (χ1n) is 8.51. The van der Waals surface area contributed by atoms with Gasteiger partial charge >= 0.3 is 0 Å². The molecule has 0 aliphatic carbocycles. The summed E-state index contributed by atoms with van der Waals surface area (Å²) in [6.07, 6.45) is 11.7. The molecule has 1 N–H and O–H groups in total. The Morgan fingerprint density at radius 2 is 1.86 bits per heavy atom. The lowest BCUT2D eigenvalue weighted by Gasteiger charge is -2.09. The minimum atomic E-state index is 0.423. The SMILES string of the molecule is c1coc(-c2ncncc2-c2ccnc(Nc3cncc4cccnc34)n2)c1. The van der Waals surface area contributed by atoms with E-state index in [1.165, 1.54) is 6.33 Å². The van der Waals surface area contributed by atoms with Crippen molar-refractivity contribution in [3.63, 3.8) is 0 Å². The lowest BCUT2D eigenvalue weighted by molar-refractivity contribution is 0.580. The van der Waals surface area contributed by atoms with Gasteiger partial charge in [0, 0.05) is 35.7 Å². The largest absolute Gasteiger partial charge is 0.463 e. The summed E-state index contributed by atoms with van der Waals surface area (Å²) in [5.41, 5.74) is 3.61. The molecule has 0 saturated heterocycles. The van der Waals surface area contributed by atoms with E-state index in [0.29, 0.717) is 23.1 Å². The van der Waals surface area contributed by atoms with E-state index in [-0.39, 0.29) is 0 Å². The molecule has 0 aliphatic rings. The van der Waals surface area contributed by atoms with Gasteiger partial charge in [0.25, 0.3) is 0 Å². The molecule has 0 radical (unpaired) electrons. The van der Waals surface area contributed by atoms with Crippen LogP contribution in [0.15, 0.2) is 78.3 Å². The number of hydrogen-bond acceptors (Lipinski definition) is 8. The summed E-state index contributed by atoms with van der Waals surface area (Å²) in [6, 6.07) is 9.29. The Balaban J connectivity index is 1.55. The minimum absolute atomic E-state index is 0.423.